The Morgan fingerprint density at radius 3 is 2.50 bits per heavy atom. The predicted octanol–water partition coefficient (Wildman–Crippen LogP) is 2.41. The molecule has 2 fully saturated rings. The Kier molecular flexibility index (Phi) is 5.61. The Balaban J connectivity index is 1.65. The topological polar surface area (TPSA) is 48.9 Å². The lowest BCUT2D eigenvalue weighted by atomic mass is 10.1. The van der Waals surface area contributed by atoms with E-state index in [1.807, 2.05) is 7.05 Å². The van der Waals surface area contributed by atoms with E-state index in [2.05, 4.69) is 51.7 Å². The molecule has 132 valence electrons. The van der Waals surface area contributed by atoms with Crippen LogP contribution in [0, 0.1) is 5.92 Å². The van der Waals surface area contributed by atoms with Crippen molar-refractivity contribution >= 4 is 5.96 Å². The summed E-state index contributed by atoms with van der Waals surface area (Å²) in [7, 11) is 3.56. The maximum atomic E-state index is 5.29. The van der Waals surface area contributed by atoms with Gasteiger partial charge in [0.15, 0.2) is 5.96 Å². The molecule has 5 heteroatoms. The first-order valence-corrected chi connectivity index (χ1v) is 9.06. The minimum atomic E-state index is 0.369. The largest absolute Gasteiger partial charge is 0.497 e. The van der Waals surface area contributed by atoms with Gasteiger partial charge in [-0.3, -0.25) is 9.89 Å². The zero-order valence-electron chi connectivity index (χ0n) is 15.1. The highest BCUT2D eigenvalue weighted by atomic mass is 16.5. The number of hydrogen-bond acceptors (Lipinski definition) is 3. The summed E-state index contributed by atoms with van der Waals surface area (Å²) in [5.41, 5.74) is 1.33. The highest BCUT2D eigenvalue weighted by molar-refractivity contribution is 5.80. The van der Waals surface area contributed by atoms with Gasteiger partial charge < -0.3 is 15.4 Å². The summed E-state index contributed by atoms with van der Waals surface area (Å²) < 4.78 is 5.29. The summed E-state index contributed by atoms with van der Waals surface area (Å²) in [6.07, 6.45) is 3.83. The van der Waals surface area contributed by atoms with Gasteiger partial charge in [0, 0.05) is 19.6 Å². The summed E-state index contributed by atoms with van der Waals surface area (Å²) in [6, 6.07) is 9.43. The lowest BCUT2D eigenvalue weighted by Crippen LogP contribution is -2.43. The van der Waals surface area contributed by atoms with Gasteiger partial charge in [0.25, 0.3) is 0 Å². The number of likely N-dealkylation sites (tertiary alicyclic amines) is 1. The minimum Gasteiger partial charge on any atom is -0.497 e. The quantitative estimate of drug-likeness (QED) is 0.621. The molecule has 2 N–H and O–H groups in total. The van der Waals surface area contributed by atoms with Crippen molar-refractivity contribution in [1.82, 2.24) is 15.5 Å². The molecule has 1 aliphatic heterocycles. The van der Waals surface area contributed by atoms with Crippen LogP contribution in [0.4, 0.5) is 0 Å². The fourth-order valence-corrected chi connectivity index (χ4v) is 3.42. The Bertz CT molecular complexity index is 551. The van der Waals surface area contributed by atoms with E-state index in [0.29, 0.717) is 12.1 Å². The normalized spacial score (nSPS) is 25.4. The van der Waals surface area contributed by atoms with Gasteiger partial charge in [-0.05, 0) is 56.0 Å². The molecule has 0 aromatic heterocycles. The molecule has 2 aliphatic rings. The molecular formula is C19H30N4O. The molecule has 5 nitrogen and oxygen atoms in total. The number of aliphatic imine (C=N–C) groups is 1. The smallest absolute Gasteiger partial charge is 0.191 e. The molecular weight excluding hydrogens is 300 g/mol. The average molecular weight is 330 g/mol. The van der Waals surface area contributed by atoms with Crippen molar-refractivity contribution in [2.24, 2.45) is 10.9 Å². The number of rotatable bonds is 6. The fourth-order valence-electron chi connectivity index (χ4n) is 3.42. The minimum absolute atomic E-state index is 0.369. The molecule has 1 aliphatic carbocycles. The fraction of sp³-hybridized carbons (Fsp3) is 0.632. The van der Waals surface area contributed by atoms with Gasteiger partial charge in [0.05, 0.1) is 13.2 Å². The summed E-state index contributed by atoms with van der Waals surface area (Å²) in [6.45, 7) is 5.48. The second kappa shape index (κ2) is 7.88. The van der Waals surface area contributed by atoms with E-state index in [4.69, 9.17) is 4.74 Å². The Morgan fingerprint density at radius 1 is 1.29 bits per heavy atom. The molecule has 1 aromatic carbocycles. The molecule has 3 atom stereocenters. The van der Waals surface area contributed by atoms with Crippen LogP contribution in [0.25, 0.3) is 0 Å². The average Bonchev–Trinajstić information content (AvgIpc) is 3.07. The van der Waals surface area contributed by atoms with E-state index < -0.39 is 0 Å². The summed E-state index contributed by atoms with van der Waals surface area (Å²) in [5.74, 6) is 2.59. The summed E-state index contributed by atoms with van der Waals surface area (Å²) >= 11 is 0. The molecule has 0 spiro atoms. The van der Waals surface area contributed by atoms with Crippen LogP contribution in [0.1, 0.15) is 37.8 Å². The Morgan fingerprint density at radius 2 is 1.96 bits per heavy atom. The molecule has 1 saturated heterocycles. The van der Waals surface area contributed by atoms with E-state index >= 15 is 0 Å². The molecule has 1 heterocycles. The number of nitrogens with zero attached hydrogens (tertiary/aromatic N) is 2. The van der Waals surface area contributed by atoms with Crippen LogP contribution in [-0.2, 0) is 0 Å². The first kappa shape index (κ1) is 17.1. The van der Waals surface area contributed by atoms with Crippen LogP contribution in [0.15, 0.2) is 29.3 Å². The van der Waals surface area contributed by atoms with Gasteiger partial charge in [-0.15, -0.1) is 0 Å². The van der Waals surface area contributed by atoms with Crippen LogP contribution in [0.3, 0.4) is 0 Å². The molecule has 24 heavy (non-hydrogen) atoms. The highest BCUT2D eigenvalue weighted by Gasteiger charge is 2.33. The third-order valence-corrected chi connectivity index (χ3v) is 5.20. The van der Waals surface area contributed by atoms with E-state index in [9.17, 15) is 0 Å². The van der Waals surface area contributed by atoms with Crippen molar-refractivity contribution in [3.63, 3.8) is 0 Å². The van der Waals surface area contributed by atoms with Gasteiger partial charge in [0.2, 0.25) is 0 Å². The number of hydrogen-bond donors (Lipinski definition) is 2. The maximum absolute atomic E-state index is 5.29. The van der Waals surface area contributed by atoms with Crippen LogP contribution in [-0.4, -0.2) is 50.7 Å². The van der Waals surface area contributed by atoms with Crippen molar-refractivity contribution in [2.75, 3.05) is 33.8 Å². The first-order chi connectivity index (χ1) is 11.7. The van der Waals surface area contributed by atoms with E-state index in [1.54, 1.807) is 7.11 Å². The Labute approximate surface area is 145 Å². The second-order valence-corrected chi connectivity index (χ2v) is 6.95. The van der Waals surface area contributed by atoms with Crippen LogP contribution >= 0.6 is 0 Å². The summed E-state index contributed by atoms with van der Waals surface area (Å²) in [5, 5.41) is 7.04. The number of ether oxygens (including phenoxy) is 1. The van der Waals surface area contributed by atoms with Gasteiger partial charge >= 0.3 is 0 Å². The Hall–Kier alpha value is -1.75. The molecule has 0 radical (unpaired) electrons. The van der Waals surface area contributed by atoms with E-state index in [0.717, 1.165) is 24.2 Å². The molecule has 0 amide bonds. The van der Waals surface area contributed by atoms with Gasteiger partial charge in [0.1, 0.15) is 5.75 Å². The van der Waals surface area contributed by atoms with Crippen molar-refractivity contribution in [2.45, 2.75) is 38.3 Å². The standard InChI is InChI=1S/C19H30N4O/c1-14-12-17(14)22-19(20-2)21-13-18(23-10-4-5-11-23)15-6-8-16(24-3)9-7-15/h6-9,14,17-18H,4-5,10-13H2,1-3H3,(H2,20,21,22). The monoisotopic (exact) mass is 330 g/mol. The van der Waals surface area contributed by atoms with E-state index in [-0.39, 0.29) is 0 Å². The first-order valence-electron chi connectivity index (χ1n) is 9.06. The van der Waals surface area contributed by atoms with Gasteiger partial charge in [-0.1, -0.05) is 19.1 Å². The molecule has 1 saturated carbocycles. The third kappa shape index (κ3) is 4.20. The number of benzene rings is 1. The SMILES string of the molecule is CN=C(NCC(c1ccc(OC)cc1)N1CCCC1)NC1CC1C. The molecule has 3 unspecified atom stereocenters. The van der Waals surface area contributed by atoms with Gasteiger partial charge in [-0.25, -0.2) is 0 Å². The molecule has 0 bridgehead atoms. The van der Waals surface area contributed by atoms with Crippen molar-refractivity contribution in [3.8, 4) is 5.75 Å². The summed E-state index contributed by atoms with van der Waals surface area (Å²) in [4.78, 5) is 6.95. The van der Waals surface area contributed by atoms with Gasteiger partial charge in [-0.2, -0.15) is 0 Å². The zero-order valence-corrected chi connectivity index (χ0v) is 15.1. The highest BCUT2D eigenvalue weighted by Crippen LogP contribution is 2.29. The number of methoxy groups -OCH3 is 1. The van der Waals surface area contributed by atoms with E-state index in [1.165, 1.54) is 37.9 Å². The third-order valence-electron chi connectivity index (χ3n) is 5.20. The van der Waals surface area contributed by atoms with Crippen LogP contribution in [0.2, 0.25) is 0 Å². The van der Waals surface area contributed by atoms with Crippen LogP contribution in [0.5, 0.6) is 5.75 Å². The predicted molar refractivity (Wildman–Crippen MR) is 98.6 cm³/mol. The molecule has 1 aromatic rings. The van der Waals surface area contributed by atoms with Crippen molar-refractivity contribution in [3.05, 3.63) is 29.8 Å². The maximum Gasteiger partial charge on any atom is 0.191 e. The van der Waals surface area contributed by atoms with Crippen LogP contribution < -0.4 is 15.4 Å². The second-order valence-electron chi connectivity index (χ2n) is 6.95. The van der Waals surface area contributed by atoms with Crippen molar-refractivity contribution in [1.29, 1.82) is 0 Å². The lowest BCUT2D eigenvalue weighted by Gasteiger charge is -2.29. The lowest BCUT2D eigenvalue weighted by molar-refractivity contribution is 0.245. The zero-order chi connectivity index (χ0) is 16.9. The number of nitrogens with one attached hydrogen (secondary N) is 2. The molecule has 3 rings (SSSR count). The van der Waals surface area contributed by atoms with Crippen molar-refractivity contribution < 1.29 is 4.74 Å². The number of guanidine groups is 1.